The molecule has 0 aliphatic heterocycles. The van der Waals surface area contributed by atoms with Crippen molar-refractivity contribution in [3.8, 4) is 5.88 Å². The van der Waals surface area contributed by atoms with Gasteiger partial charge in [0.2, 0.25) is 5.88 Å². The summed E-state index contributed by atoms with van der Waals surface area (Å²) in [5, 5.41) is 11.0. The molecule has 0 spiro atoms. The minimum absolute atomic E-state index is 0.631. The molecule has 0 aliphatic carbocycles. The van der Waals surface area contributed by atoms with Gasteiger partial charge in [0.1, 0.15) is 0 Å². The van der Waals surface area contributed by atoms with E-state index >= 15 is 0 Å². The Balaban J connectivity index is 1.87. The summed E-state index contributed by atoms with van der Waals surface area (Å²) in [4.78, 5) is 4.06. The molecule has 17 heavy (non-hydrogen) atoms. The monoisotopic (exact) mass is 233 g/mol. The van der Waals surface area contributed by atoms with Crippen LogP contribution in [0, 0.1) is 0 Å². The van der Waals surface area contributed by atoms with E-state index in [4.69, 9.17) is 4.74 Å². The lowest BCUT2D eigenvalue weighted by Gasteiger charge is -2.05. The quantitative estimate of drug-likeness (QED) is 0.815. The predicted molar refractivity (Wildman–Crippen MR) is 62.3 cm³/mol. The van der Waals surface area contributed by atoms with Gasteiger partial charge >= 0.3 is 0 Å². The number of ether oxygens (including phenoxy) is 1. The summed E-state index contributed by atoms with van der Waals surface area (Å²) in [7, 11) is 3.49. The van der Waals surface area contributed by atoms with Crippen molar-refractivity contribution in [2.45, 2.75) is 13.1 Å². The van der Waals surface area contributed by atoms with Crippen molar-refractivity contribution in [3.63, 3.8) is 0 Å². The molecular formula is C11H15N5O. The van der Waals surface area contributed by atoms with E-state index in [-0.39, 0.29) is 0 Å². The highest BCUT2D eigenvalue weighted by Gasteiger charge is 2.00. The lowest BCUT2D eigenvalue weighted by molar-refractivity contribution is 0.397. The van der Waals surface area contributed by atoms with Crippen LogP contribution in [0.25, 0.3) is 0 Å². The molecule has 0 radical (unpaired) electrons. The zero-order valence-electron chi connectivity index (χ0n) is 9.92. The summed E-state index contributed by atoms with van der Waals surface area (Å²) in [6.07, 6.45) is 3.49. The van der Waals surface area contributed by atoms with E-state index in [1.54, 1.807) is 24.2 Å². The molecule has 6 heteroatoms. The van der Waals surface area contributed by atoms with Crippen LogP contribution < -0.4 is 10.1 Å². The molecule has 2 heterocycles. The summed E-state index contributed by atoms with van der Waals surface area (Å²) in [6.45, 7) is 1.48. The van der Waals surface area contributed by atoms with Gasteiger partial charge in [-0.2, -0.15) is 0 Å². The van der Waals surface area contributed by atoms with Crippen LogP contribution in [0.5, 0.6) is 5.88 Å². The second-order valence-corrected chi connectivity index (χ2v) is 3.66. The number of nitrogens with zero attached hydrogens (tertiary/aromatic N) is 4. The Morgan fingerprint density at radius 1 is 1.41 bits per heavy atom. The first-order chi connectivity index (χ1) is 8.29. The van der Waals surface area contributed by atoms with Gasteiger partial charge in [-0.1, -0.05) is 5.21 Å². The van der Waals surface area contributed by atoms with Crippen molar-refractivity contribution in [2.75, 3.05) is 7.11 Å². The first-order valence-corrected chi connectivity index (χ1v) is 5.33. The average molecular weight is 233 g/mol. The number of methoxy groups -OCH3 is 1. The lowest BCUT2D eigenvalue weighted by atomic mass is 10.2. The SMILES string of the molecule is COc1cc(CNCc2cnnn2C)ccn1. The molecule has 0 saturated heterocycles. The smallest absolute Gasteiger partial charge is 0.213 e. The zero-order chi connectivity index (χ0) is 12.1. The van der Waals surface area contributed by atoms with E-state index in [9.17, 15) is 0 Å². The molecule has 6 nitrogen and oxygen atoms in total. The van der Waals surface area contributed by atoms with Gasteiger partial charge in [-0.25, -0.2) is 4.98 Å². The topological polar surface area (TPSA) is 64.9 Å². The number of nitrogens with one attached hydrogen (secondary N) is 1. The summed E-state index contributed by atoms with van der Waals surface area (Å²) in [5.41, 5.74) is 2.18. The molecule has 0 atom stereocenters. The van der Waals surface area contributed by atoms with Gasteiger partial charge in [-0.15, -0.1) is 5.10 Å². The molecule has 0 unspecified atom stereocenters. The Kier molecular flexibility index (Phi) is 3.66. The van der Waals surface area contributed by atoms with Crippen molar-refractivity contribution in [1.82, 2.24) is 25.3 Å². The highest BCUT2D eigenvalue weighted by atomic mass is 16.5. The lowest BCUT2D eigenvalue weighted by Crippen LogP contribution is -2.15. The molecule has 2 aromatic rings. The van der Waals surface area contributed by atoms with Crippen LogP contribution in [-0.2, 0) is 20.1 Å². The maximum absolute atomic E-state index is 5.06. The summed E-state index contributed by atoms with van der Waals surface area (Å²) >= 11 is 0. The zero-order valence-corrected chi connectivity index (χ0v) is 9.92. The molecule has 2 rings (SSSR count). The third-order valence-electron chi connectivity index (χ3n) is 2.45. The van der Waals surface area contributed by atoms with Gasteiger partial charge in [0.05, 0.1) is 19.0 Å². The number of rotatable bonds is 5. The highest BCUT2D eigenvalue weighted by Crippen LogP contribution is 2.08. The molecule has 0 aromatic carbocycles. The molecule has 0 aliphatic rings. The van der Waals surface area contributed by atoms with Crippen molar-refractivity contribution < 1.29 is 4.74 Å². The molecular weight excluding hydrogens is 218 g/mol. The first-order valence-electron chi connectivity index (χ1n) is 5.33. The van der Waals surface area contributed by atoms with Crippen molar-refractivity contribution >= 4 is 0 Å². The molecule has 0 fully saturated rings. The first kappa shape index (κ1) is 11.5. The van der Waals surface area contributed by atoms with Crippen LogP contribution in [-0.4, -0.2) is 27.1 Å². The maximum Gasteiger partial charge on any atom is 0.213 e. The van der Waals surface area contributed by atoms with Gasteiger partial charge in [-0.3, -0.25) is 4.68 Å². The van der Waals surface area contributed by atoms with Crippen LogP contribution in [0.2, 0.25) is 0 Å². The molecule has 1 N–H and O–H groups in total. The summed E-state index contributed by atoms with van der Waals surface area (Å²) in [6, 6.07) is 3.87. The fraction of sp³-hybridized carbons (Fsp3) is 0.364. The van der Waals surface area contributed by atoms with Crippen LogP contribution >= 0.6 is 0 Å². The van der Waals surface area contributed by atoms with Gasteiger partial charge in [0.15, 0.2) is 0 Å². The maximum atomic E-state index is 5.06. The molecule has 0 amide bonds. The van der Waals surface area contributed by atoms with Gasteiger partial charge in [0.25, 0.3) is 0 Å². The minimum Gasteiger partial charge on any atom is -0.481 e. The number of aryl methyl sites for hydroxylation is 1. The van der Waals surface area contributed by atoms with Gasteiger partial charge < -0.3 is 10.1 Å². The van der Waals surface area contributed by atoms with Crippen LogP contribution in [0.1, 0.15) is 11.3 Å². The standard InChI is InChI=1S/C11H15N5O/c1-16-10(8-14-15-16)7-12-6-9-3-4-13-11(5-9)17-2/h3-5,8,12H,6-7H2,1-2H3. The van der Waals surface area contributed by atoms with E-state index in [2.05, 4.69) is 20.6 Å². The summed E-state index contributed by atoms with van der Waals surface area (Å²) < 4.78 is 6.81. The van der Waals surface area contributed by atoms with E-state index in [0.717, 1.165) is 24.3 Å². The average Bonchev–Trinajstić information content (AvgIpc) is 2.76. The highest BCUT2D eigenvalue weighted by molar-refractivity contribution is 5.20. The van der Waals surface area contributed by atoms with E-state index in [1.807, 2.05) is 19.2 Å². The van der Waals surface area contributed by atoms with E-state index in [1.165, 1.54) is 0 Å². The third kappa shape index (κ3) is 3.01. The minimum atomic E-state index is 0.631. The fourth-order valence-corrected chi connectivity index (χ4v) is 1.48. The second-order valence-electron chi connectivity index (χ2n) is 3.66. The van der Waals surface area contributed by atoms with Crippen LogP contribution in [0.3, 0.4) is 0 Å². The predicted octanol–water partition coefficient (Wildman–Crippen LogP) is 0.508. The van der Waals surface area contributed by atoms with Crippen molar-refractivity contribution in [3.05, 3.63) is 35.8 Å². The van der Waals surface area contributed by atoms with E-state index in [0.29, 0.717) is 5.88 Å². The van der Waals surface area contributed by atoms with Crippen LogP contribution in [0.15, 0.2) is 24.5 Å². The van der Waals surface area contributed by atoms with E-state index < -0.39 is 0 Å². The second kappa shape index (κ2) is 5.40. The van der Waals surface area contributed by atoms with Gasteiger partial charge in [0, 0.05) is 32.4 Å². The molecule has 90 valence electrons. The Bertz CT molecular complexity index is 482. The fourth-order valence-electron chi connectivity index (χ4n) is 1.48. The largest absolute Gasteiger partial charge is 0.481 e. The van der Waals surface area contributed by atoms with Crippen LogP contribution in [0.4, 0.5) is 0 Å². The Morgan fingerprint density at radius 3 is 3.00 bits per heavy atom. The summed E-state index contributed by atoms with van der Waals surface area (Å²) in [5.74, 6) is 0.631. The molecule has 2 aromatic heterocycles. The third-order valence-corrected chi connectivity index (χ3v) is 2.45. The normalized spacial score (nSPS) is 10.5. The molecule has 0 saturated carbocycles. The number of hydrogen-bond acceptors (Lipinski definition) is 5. The molecule has 0 bridgehead atoms. The van der Waals surface area contributed by atoms with Crippen molar-refractivity contribution in [2.24, 2.45) is 7.05 Å². The number of aromatic nitrogens is 4. The van der Waals surface area contributed by atoms with Gasteiger partial charge in [-0.05, 0) is 11.6 Å². The Hall–Kier alpha value is -1.95. The Labute approximate surface area is 99.6 Å². The Morgan fingerprint density at radius 2 is 2.29 bits per heavy atom. The van der Waals surface area contributed by atoms with Crippen molar-refractivity contribution in [1.29, 1.82) is 0 Å². The number of pyridine rings is 1. The number of hydrogen-bond donors (Lipinski definition) is 1.